The van der Waals surface area contributed by atoms with Crippen LogP contribution in [0.5, 0.6) is 0 Å². The Morgan fingerprint density at radius 1 is 1.50 bits per heavy atom. The standard InChI is InChI=1S/C13H17ClFNO2/c14-10-3-4-12(15)13(5-10)16-6-11(17)8-18-7-9-1-2-9/h3-5,9,11,16-17H,1-2,6-8H2. The number of aliphatic hydroxyl groups excluding tert-OH is 1. The molecule has 0 radical (unpaired) electrons. The first-order valence-electron chi connectivity index (χ1n) is 6.10. The highest BCUT2D eigenvalue weighted by molar-refractivity contribution is 6.30. The lowest BCUT2D eigenvalue weighted by Gasteiger charge is -2.13. The van der Waals surface area contributed by atoms with Gasteiger partial charge >= 0.3 is 0 Å². The molecule has 0 spiro atoms. The van der Waals surface area contributed by atoms with Crippen molar-refractivity contribution in [3.63, 3.8) is 0 Å². The Kier molecular flexibility index (Phi) is 4.80. The number of aliphatic hydroxyl groups is 1. The summed E-state index contributed by atoms with van der Waals surface area (Å²) >= 11 is 5.76. The Bertz CT molecular complexity index is 399. The third-order valence-corrected chi connectivity index (χ3v) is 3.05. The van der Waals surface area contributed by atoms with Gasteiger partial charge in [-0.25, -0.2) is 4.39 Å². The quantitative estimate of drug-likeness (QED) is 0.803. The first-order valence-corrected chi connectivity index (χ1v) is 6.47. The van der Waals surface area contributed by atoms with Gasteiger partial charge in [0.25, 0.3) is 0 Å². The molecule has 1 aromatic carbocycles. The summed E-state index contributed by atoms with van der Waals surface area (Å²) in [4.78, 5) is 0. The van der Waals surface area contributed by atoms with Crippen molar-refractivity contribution < 1.29 is 14.2 Å². The highest BCUT2D eigenvalue weighted by Gasteiger charge is 2.21. The summed E-state index contributed by atoms with van der Waals surface area (Å²) in [6.07, 6.45) is 1.80. The Labute approximate surface area is 111 Å². The lowest BCUT2D eigenvalue weighted by atomic mass is 10.3. The van der Waals surface area contributed by atoms with Crippen molar-refractivity contribution in [2.75, 3.05) is 25.1 Å². The van der Waals surface area contributed by atoms with Crippen LogP contribution in [0.3, 0.4) is 0 Å². The number of nitrogens with one attached hydrogen (secondary N) is 1. The highest BCUT2D eigenvalue weighted by atomic mass is 35.5. The molecule has 1 fully saturated rings. The monoisotopic (exact) mass is 273 g/mol. The fourth-order valence-electron chi connectivity index (χ4n) is 1.57. The maximum absolute atomic E-state index is 13.4. The topological polar surface area (TPSA) is 41.5 Å². The van der Waals surface area contributed by atoms with E-state index in [1.807, 2.05) is 0 Å². The van der Waals surface area contributed by atoms with Crippen molar-refractivity contribution in [3.05, 3.63) is 29.0 Å². The van der Waals surface area contributed by atoms with Crippen LogP contribution in [0.4, 0.5) is 10.1 Å². The molecule has 0 aliphatic heterocycles. The SMILES string of the molecule is OC(CNc1cc(Cl)ccc1F)COCC1CC1. The molecule has 0 heterocycles. The van der Waals surface area contributed by atoms with Crippen LogP contribution in [0.1, 0.15) is 12.8 Å². The van der Waals surface area contributed by atoms with Crippen LogP contribution in [-0.2, 0) is 4.74 Å². The van der Waals surface area contributed by atoms with Gasteiger partial charge in [-0.3, -0.25) is 0 Å². The van der Waals surface area contributed by atoms with Gasteiger partial charge in [0.2, 0.25) is 0 Å². The molecule has 3 nitrogen and oxygen atoms in total. The van der Waals surface area contributed by atoms with Crippen molar-refractivity contribution in [2.45, 2.75) is 18.9 Å². The van der Waals surface area contributed by atoms with E-state index in [9.17, 15) is 9.50 Å². The molecule has 0 aromatic heterocycles. The fraction of sp³-hybridized carbons (Fsp3) is 0.538. The fourth-order valence-corrected chi connectivity index (χ4v) is 1.75. The molecule has 5 heteroatoms. The Hall–Kier alpha value is -0.840. The first-order chi connectivity index (χ1) is 8.65. The van der Waals surface area contributed by atoms with Crippen molar-refractivity contribution in [2.24, 2.45) is 5.92 Å². The number of ether oxygens (including phenoxy) is 1. The van der Waals surface area contributed by atoms with E-state index in [0.717, 1.165) is 0 Å². The van der Waals surface area contributed by atoms with Crippen molar-refractivity contribution in [3.8, 4) is 0 Å². The van der Waals surface area contributed by atoms with E-state index in [4.69, 9.17) is 16.3 Å². The van der Waals surface area contributed by atoms with Gasteiger partial charge < -0.3 is 15.2 Å². The van der Waals surface area contributed by atoms with Crippen LogP contribution in [0.15, 0.2) is 18.2 Å². The van der Waals surface area contributed by atoms with Gasteiger partial charge in [-0.15, -0.1) is 0 Å². The maximum Gasteiger partial charge on any atom is 0.146 e. The van der Waals surface area contributed by atoms with Gasteiger partial charge in [0, 0.05) is 18.2 Å². The molecule has 0 amide bonds. The smallest absolute Gasteiger partial charge is 0.146 e. The number of benzene rings is 1. The molecular formula is C13H17ClFNO2. The lowest BCUT2D eigenvalue weighted by molar-refractivity contribution is 0.0386. The van der Waals surface area contributed by atoms with Crippen LogP contribution in [0.2, 0.25) is 5.02 Å². The zero-order chi connectivity index (χ0) is 13.0. The second kappa shape index (κ2) is 6.36. The van der Waals surface area contributed by atoms with E-state index >= 15 is 0 Å². The van der Waals surface area contributed by atoms with Crippen LogP contribution < -0.4 is 5.32 Å². The van der Waals surface area contributed by atoms with Crippen molar-refractivity contribution in [1.29, 1.82) is 0 Å². The van der Waals surface area contributed by atoms with Gasteiger partial charge in [0.1, 0.15) is 5.82 Å². The molecule has 2 N–H and O–H groups in total. The third-order valence-electron chi connectivity index (χ3n) is 2.82. The van der Waals surface area contributed by atoms with E-state index in [0.29, 0.717) is 23.2 Å². The number of hydrogen-bond donors (Lipinski definition) is 2. The first kappa shape index (κ1) is 13.6. The average molecular weight is 274 g/mol. The summed E-state index contributed by atoms with van der Waals surface area (Å²) in [6.45, 7) is 1.22. The van der Waals surface area contributed by atoms with Crippen LogP contribution in [0, 0.1) is 11.7 Å². The largest absolute Gasteiger partial charge is 0.389 e. The van der Waals surface area contributed by atoms with E-state index < -0.39 is 6.10 Å². The molecule has 0 bridgehead atoms. The summed E-state index contributed by atoms with van der Waals surface area (Å²) in [5, 5.41) is 12.9. The second-order valence-electron chi connectivity index (χ2n) is 4.64. The maximum atomic E-state index is 13.4. The minimum absolute atomic E-state index is 0.238. The number of rotatable bonds is 7. The molecule has 1 aliphatic rings. The van der Waals surface area contributed by atoms with Crippen LogP contribution >= 0.6 is 11.6 Å². The minimum Gasteiger partial charge on any atom is -0.389 e. The van der Waals surface area contributed by atoms with Gasteiger partial charge in [-0.1, -0.05) is 11.6 Å². The third kappa shape index (κ3) is 4.44. The van der Waals surface area contributed by atoms with E-state index in [1.54, 1.807) is 0 Å². The van der Waals surface area contributed by atoms with Gasteiger partial charge in [-0.2, -0.15) is 0 Å². The van der Waals surface area contributed by atoms with Crippen LogP contribution in [0.25, 0.3) is 0 Å². The molecule has 1 unspecified atom stereocenters. The van der Waals surface area contributed by atoms with Gasteiger partial charge in [0.05, 0.1) is 18.4 Å². The molecule has 2 rings (SSSR count). The molecule has 1 atom stereocenters. The molecule has 18 heavy (non-hydrogen) atoms. The zero-order valence-corrected chi connectivity index (χ0v) is 10.8. The molecule has 100 valence electrons. The highest BCUT2D eigenvalue weighted by Crippen LogP contribution is 2.28. The molecule has 1 aromatic rings. The minimum atomic E-state index is -0.651. The van der Waals surface area contributed by atoms with Crippen molar-refractivity contribution >= 4 is 17.3 Å². The number of halogens is 2. The van der Waals surface area contributed by atoms with E-state index in [-0.39, 0.29) is 19.0 Å². The average Bonchev–Trinajstić information content (AvgIpc) is 3.14. The predicted octanol–water partition coefficient (Wildman–Crippen LogP) is 2.68. The van der Waals surface area contributed by atoms with E-state index in [1.165, 1.54) is 31.0 Å². The number of anilines is 1. The van der Waals surface area contributed by atoms with E-state index in [2.05, 4.69) is 5.32 Å². The molecule has 1 saturated carbocycles. The molecule has 1 aliphatic carbocycles. The van der Waals surface area contributed by atoms with Crippen molar-refractivity contribution in [1.82, 2.24) is 0 Å². The van der Waals surface area contributed by atoms with Gasteiger partial charge in [-0.05, 0) is 37.0 Å². The summed E-state index contributed by atoms with van der Waals surface area (Å²) < 4.78 is 18.7. The summed E-state index contributed by atoms with van der Waals surface area (Å²) in [7, 11) is 0. The van der Waals surface area contributed by atoms with Crippen LogP contribution in [-0.4, -0.2) is 31.0 Å². The second-order valence-corrected chi connectivity index (χ2v) is 5.08. The predicted molar refractivity (Wildman–Crippen MR) is 69.4 cm³/mol. The lowest BCUT2D eigenvalue weighted by Crippen LogP contribution is -2.25. The summed E-state index contributed by atoms with van der Waals surface area (Å²) in [5.41, 5.74) is 0.295. The Morgan fingerprint density at radius 3 is 3.00 bits per heavy atom. The zero-order valence-electron chi connectivity index (χ0n) is 10.0. The van der Waals surface area contributed by atoms with Gasteiger partial charge in [0.15, 0.2) is 0 Å². The Morgan fingerprint density at radius 2 is 2.28 bits per heavy atom. The molecule has 0 saturated heterocycles. The summed E-state index contributed by atoms with van der Waals surface area (Å²) in [5.74, 6) is 0.293. The Balaban J connectivity index is 1.70. The normalized spacial score (nSPS) is 16.6. The molecular weight excluding hydrogens is 257 g/mol. The summed E-state index contributed by atoms with van der Waals surface area (Å²) in [6, 6.07) is 4.27. The number of hydrogen-bond acceptors (Lipinski definition) is 3.